The molecule has 0 unspecified atom stereocenters. The number of alkyl halides is 3. The second-order valence-corrected chi connectivity index (χ2v) is 7.82. The average molecular weight is 482 g/mol. The maximum absolute atomic E-state index is 13.0. The van der Waals surface area contributed by atoms with Crippen LogP contribution in [0.15, 0.2) is 36.9 Å². The summed E-state index contributed by atoms with van der Waals surface area (Å²) in [4.78, 5) is 36.9. The molecule has 0 aliphatic carbocycles. The Bertz CT molecular complexity index is 1320. The van der Waals surface area contributed by atoms with Crippen molar-refractivity contribution in [3.05, 3.63) is 63.1 Å². The molecule has 3 aromatic heterocycles. The van der Waals surface area contributed by atoms with Crippen molar-refractivity contribution in [2.75, 3.05) is 5.32 Å². The average Bonchev–Trinajstić information content (AvgIpc) is 3.42. The van der Waals surface area contributed by atoms with E-state index in [2.05, 4.69) is 35.8 Å². The second kappa shape index (κ2) is 8.51. The largest absolute Gasteiger partial charge is 0.417 e. The number of carbonyl (C=O) groups is 2. The van der Waals surface area contributed by atoms with Crippen molar-refractivity contribution in [3.63, 3.8) is 0 Å². The molecule has 4 rings (SSSR count). The number of hydrogen-bond acceptors (Lipinski definition) is 7. The van der Waals surface area contributed by atoms with Crippen LogP contribution in [0.3, 0.4) is 0 Å². The zero-order chi connectivity index (χ0) is 22.9. The summed E-state index contributed by atoms with van der Waals surface area (Å²) in [5, 5.41) is 11.8. The Labute approximate surface area is 186 Å². The van der Waals surface area contributed by atoms with Gasteiger partial charge in [0.2, 0.25) is 0 Å². The number of nitrogens with zero attached hydrogens (tertiary/aromatic N) is 4. The number of benzene rings is 1. The standard InChI is InChI=1S/C18H11ClF3N7O2S/c19-11-2-1-8(3-10(11)18(20,21)22)28-16(30)12-5-23-13(32-12)6-24-17(31)14-9-4-27-29-15(9)26-7-25-14/h1-5,7H,6H2,(H,24,31)(H,28,30)(H,25,26,27,29). The molecule has 0 atom stereocenters. The van der Waals surface area contributed by atoms with Gasteiger partial charge in [-0.25, -0.2) is 15.0 Å². The van der Waals surface area contributed by atoms with E-state index in [1.54, 1.807) is 0 Å². The van der Waals surface area contributed by atoms with E-state index in [0.717, 1.165) is 23.5 Å². The SMILES string of the molecule is O=C(Nc1ccc(Cl)c(C(F)(F)F)c1)c1cnc(CNC(=O)c2ncnc3[nH]ncc23)s1. The molecule has 3 heterocycles. The number of hydrogen-bond donors (Lipinski definition) is 3. The van der Waals surface area contributed by atoms with Gasteiger partial charge in [-0.05, 0) is 18.2 Å². The summed E-state index contributed by atoms with van der Waals surface area (Å²) < 4.78 is 38.9. The highest BCUT2D eigenvalue weighted by Gasteiger charge is 2.33. The number of fused-ring (bicyclic) bond motifs is 1. The summed E-state index contributed by atoms with van der Waals surface area (Å²) in [5.41, 5.74) is -0.584. The number of aromatic nitrogens is 5. The maximum atomic E-state index is 13.0. The first-order chi connectivity index (χ1) is 15.2. The van der Waals surface area contributed by atoms with Crippen LogP contribution in [0.2, 0.25) is 5.02 Å². The van der Waals surface area contributed by atoms with Gasteiger partial charge in [-0.3, -0.25) is 14.7 Å². The third-order valence-corrected chi connectivity index (χ3v) is 5.50. The van der Waals surface area contributed by atoms with Crippen LogP contribution >= 0.6 is 22.9 Å². The van der Waals surface area contributed by atoms with Crippen molar-refractivity contribution in [1.29, 1.82) is 0 Å². The minimum Gasteiger partial charge on any atom is -0.344 e. The zero-order valence-corrected chi connectivity index (χ0v) is 17.3. The number of halogens is 4. The minimum absolute atomic E-state index is 0.0132. The molecule has 32 heavy (non-hydrogen) atoms. The first kappa shape index (κ1) is 21.6. The normalized spacial score (nSPS) is 11.5. The Balaban J connectivity index is 1.41. The van der Waals surface area contributed by atoms with Crippen LogP contribution in [0, 0.1) is 0 Å². The van der Waals surface area contributed by atoms with Gasteiger partial charge in [0.05, 0.1) is 34.9 Å². The number of rotatable bonds is 5. The van der Waals surface area contributed by atoms with E-state index in [9.17, 15) is 22.8 Å². The molecule has 0 saturated carbocycles. The van der Waals surface area contributed by atoms with Gasteiger partial charge in [-0.2, -0.15) is 18.3 Å². The summed E-state index contributed by atoms with van der Waals surface area (Å²) in [6.45, 7) is 0.0132. The van der Waals surface area contributed by atoms with Gasteiger partial charge < -0.3 is 10.6 Å². The topological polar surface area (TPSA) is 126 Å². The molecule has 0 fully saturated rings. The molecule has 0 radical (unpaired) electrons. The number of nitrogens with one attached hydrogen (secondary N) is 3. The zero-order valence-electron chi connectivity index (χ0n) is 15.7. The molecule has 1 aromatic carbocycles. The predicted molar refractivity (Wildman–Crippen MR) is 109 cm³/mol. The number of H-pyrrole nitrogens is 1. The first-order valence-corrected chi connectivity index (χ1v) is 9.97. The molecule has 0 saturated heterocycles. The van der Waals surface area contributed by atoms with Crippen LogP contribution in [0.5, 0.6) is 0 Å². The van der Waals surface area contributed by atoms with Gasteiger partial charge >= 0.3 is 6.18 Å². The summed E-state index contributed by atoms with van der Waals surface area (Å²) in [5.74, 6) is -1.13. The molecule has 0 aliphatic heterocycles. The Morgan fingerprint density at radius 1 is 1.12 bits per heavy atom. The Hall–Kier alpha value is -3.58. The van der Waals surface area contributed by atoms with E-state index in [1.165, 1.54) is 24.8 Å². The quantitative estimate of drug-likeness (QED) is 0.399. The number of amides is 2. The third kappa shape index (κ3) is 4.53. The van der Waals surface area contributed by atoms with E-state index < -0.39 is 28.6 Å². The van der Waals surface area contributed by atoms with Crippen molar-refractivity contribution in [2.45, 2.75) is 12.7 Å². The van der Waals surface area contributed by atoms with Crippen LogP contribution in [0.1, 0.15) is 30.7 Å². The van der Waals surface area contributed by atoms with Crippen LogP contribution in [0.25, 0.3) is 11.0 Å². The Morgan fingerprint density at radius 3 is 2.72 bits per heavy atom. The summed E-state index contributed by atoms with van der Waals surface area (Å²) in [6.07, 6.45) is -0.736. The first-order valence-electron chi connectivity index (χ1n) is 8.77. The van der Waals surface area contributed by atoms with E-state index in [-0.39, 0.29) is 22.8 Å². The fraction of sp³-hybridized carbons (Fsp3) is 0.111. The van der Waals surface area contributed by atoms with Crippen molar-refractivity contribution >= 4 is 51.5 Å². The van der Waals surface area contributed by atoms with Gasteiger partial charge in [-0.1, -0.05) is 11.6 Å². The smallest absolute Gasteiger partial charge is 0.344 e. The van der Waals surface area contributed by atoms with E-state index in [1.807, 2.05) is 0 Å². The molecule has 3 N–H and O–H groups in total. The highest BCUT2D eigenvalue weighted by atomic mass is 35.5. The lowest BCUT2D eigenvalue weighted by Gasteiger charge is -2.11. The van der Waals surface area contributed by atoms with Crippen molar-refractivity contribution in [3.8, 4) is 0 Å². The highest BCUT2D eigenvalue weighted by Crippen LogP contribution is 2.36. The fourth-order valence-electron chi connectivity index (χ4n) is 2.70. The number of carbonyl (C=O) groups excluding carboxylic acids is 2. The van der Waals surface area contributed by atoms with E-state index in [4.69, 9.17) is 11.6 Å². The van der Waals surface area contributed by atoms with Crippen molar-refractivity contribution < 1.29 is 22.8 Å². The summed E-state index contributed by atoms with van der Waals surface area (Å²) in [6, 6.07) is 3.06. The minimum atomic E-state index is -4.65. The lowest BCUT2D eigenvalue weighted by Crippen LogP contribution is -2.24. The highest BCUT2D eigenvalue weighted by molar-refractivity contribution is 7.13. The monoisotopic (exact) mass is 481 g/mol. The predicted octanol–water partition coefficient (Wildman–Crippen LogP) is 3.66. The molecule has 0 aliphatic rings. The molecular weight excluding hydrogens is 471 g/mol. The molecule has 164 valence electrons. The van der Waals surface area contributed by atoms with Crippen LogP contribution in [-0.4, -0.2) is 37.0 Å². The lowest BCUT2D eigenvalue weighted by atomic mass is 10.2. The molecule has 14 heteroatoms. The number of aromatic amines is 1. The van der Waals surface area contributed by atoms with Crippen molar-refractivity contribution in [2.24, 2.45) is 0 Å². The fourth-order valence-corrected chi connectivity index (χ4v) is 3.67. The van der Waals surface area contributed by atoms with Crippen LogP contribution in [0.4, 0.5) is 18.9 Å². The molecule has 4 aromatic rings. The second-order valence-electron chi connectivity index (χ2n) is 6.30. The number of thiazole rings is 1. The molecule has 0 spiro atoms. The lowest BCUT2D eigenvalue weighted by molar-refractivity contribution is -0.137. The van der Waals surface area contributed by atoms with Gasteiger partial charge in [-0.15, -0.1) is 11.3 Å². The van der Waals surface area contributed by atoms with Crippen LogP contribution < -0.4 is 10.6 Å². The molecule has 0 bridgehead atoms. The molecular formula is C18H11ClF3N7O2S. The third-order valence-electron chi connectivity index (χ3n) is 4.17. The van der Waals surface area contributed by atoms with Gasteiger partial charge in [0.25, 0.3) is 11.8 Å². The molecule has 9 nitrogen and oxygen atoms in total. The van der Waals surface area contributed by atoms with Gasteiger partial charge in [0.15, 0.2) is 5.65 Å². The Morgan fingerprint density at radius 2 is 1.94 bits per heavy atom. The Kier molecular flexibility index (Phi) is 5.76. The van der Waals surface area contributed by atoms with Gasteiger partial charge in [0, 0.05) is 5.69 Å². The summed E-state index contributed by atoms with van der Waals surface area (Å²) >= 11 is 6.56. The van der Waals surface area contributed by atoms with Gasteiger partial charge in [0.1, 0.15) is 21.9 Å². The van der Waals surface area contributed by atoms with Crippen LogP contribution in [-0.2, 0) is 12.7 Å². The maximum Gasteiger partial charge on any atom is 0.417 e. The van der Waals surface area contributed by atoms with E-state index >= 15 is 0 Å². The summed E-state index contributed by atoms with van der Waals surface area (Å²) in [7, 11) is 0. The number of anilines is 1. The van der Waals surface area contributed by atoms with Crippen molar-refractivity contribution in [1.82, 2.24) is 30.5 Å². The van der Waals surface area contributed by atoms with E-state index in [0.29, 0.717) is 16.0 Å². The molecule has 2 amide bonds.